The third kappa shape index (κ3) is 2.99. The molecule has 0 aliphatic carbocycles. The molecule has 1 aromatic rings. The zero-order valence-electron chi connectivity index (χ0n) is 11.7. The Labute approximate surface area is 110 Å². The molecule has 18 heavy (non-hydrogen) atoms. The van der Waals surface area contributed by atoms with Crippen LogP contribution in [0.1, 0.15) is 38.2 Å². The topological polar surface area (TPSA) is 41.1 Å². The van der Waals surface area contributed by atoms with Gasteiger partial charge in [0.15, 0.2) is 0 Å². The molecule has 0 radical (unpaired) electrons. The van der Waals surface area contributed by atoms with Crippen LogP contribution in [0.25, 0.3) is 0 Å². The molecule has 2 heterocycles. The number of aromatic nitrogens is 2. The van der Waals surface area contributed by atoms with E-state index in [4.69, 9.17) is 4.98 Å². The summed E-state index contributed by atoms with van der Waals surface area (Å²) in [5.74, 6) is 2.06. The summed E-state index contributed by atoms with van der Waals surface area (Å²) in [6.45, 7) is 9.66. The van der Waals surface area contributed by atoms with Crippen LogP contribution in [-0.2, 0) is 6.42 Å². The number of anilines is 1. The summed E-state index contributed by atoms with van der Waals surface area (Å²) in [6.07, 6.45) is 3.27. The highest BCUT2D eigenvalue weighted by atomic mass is 15.2. The van der Waals surface area contributed by atoms with Crippen molar-refractivity contribution in [2.75, 3.05) is 24.5 Å². The minimum absolute atomic E-state index is 0.587. The van der Waals surface area contributed by atoms with Gasteiger partial charge in [-0.3, -0.25) is 0 Å². The standard InChI is InChI=1S/C14H24N4/c1-4-8-18(12-6-7-15-10-12)14-9-11(3)16-13(5-2)17-14/h9,12,15H,4-8,10H2,1-3H3. The van der Waals surface area contributed by atoms with E-state index >= 15 is 0 Å². The van der Waals surface area contributed by atoms with Crippen LogP contribution in [0.3, 0.4) is 0 Å². The van der Waals surface area contributed by atoms with Gasteiger partial charge < -0.3 is 10.2 Å². The molecule has 1 atom stereocenters. The fourth-order valence-corrected chi connectivity index (χ4v) is 2.55. The number of hydrogen-bond donors (Lipinski definition) is 1. The van der Waals surface area contributed by atoms with Crippen molar-refractivity contribution >= 4 is 5.82 Å². The summed E-state index contributed by atoms with van der Waals surface area (Å²) < 4.78 is 0. The van der Waals surface area contributed by atoms with Gasteiger partial charge in [0.2, 0.25) is 0 Å². The Bertz CT molecular complexity index is 385. The van der Waals surface area contributed by atoms with Crippen LogP contribution in [0.4, 0.5) is 5.82 Å². The maximum atomic E-state index is 4.70. The Morgan fingerprint density at radius 3 is 2.83 bits per heavy atom. The van der Waals surface area contributed by atoms with Crippen molar-refractivity contribution in [3.8, 4) is 0 Å². The summed E-state index contributed by atoms with van der Waals surface area (Å²) in [5, 5.41) is 3.44. The van der Waals surface area contributed by atoms with E-state index in [1.807, 2.05) is 0 Å². The summed E-state index contributed by atoms with van der Waals surface area (Å²) in [5.41, 5.74) is 1.07. The second-order valence-corrected chi connectivity index (χ2v) is 4.98. The maximum absolute atomic E-state index is 4.70. The molecule has 100 valence electrons. The van der Waals surface area contributed by atoms with Gasteiger partial charge in [-0.25, -0.2) is 9.97 Å². The summed E-state index contributed by atoms with van der Waals surface area (Å²) in [4.78, 5) is 11.6. The fraction of sp³-hybridized carbons (Fsp3) is 0.714. The molecule has 1 unspecified atom stereocenters. The van der Waals surface area contributed by atoms with Crippen LogP contribution in [0.2, 0.25) is 0 Å². The Kier molecular flexibility index (Phi) is 4.53. The zero-order chi connectivity index (χ0) is 13.0. The maximum Gasteiger partial charge on any atom is 0.132 e. The van der Waals surface area contributed by atoms with Gasteiger partial charge >= 0.3 is 0 Å². The average molecular weight is 248 g/mol. The largest absolute Gasteiger partial charge is 0.352 e. The summed E-state index contributed by atoms with van der Waals surface area (Å²) >= 11 is 0. The highest BCUT2D eigenvalue weighted by Gasteiger charge is 2.23. The third-order valence-electron chi connectivity index (χ3n) is 3.44. The predicted octanol–water partition coefficient (Wildman–Crippen LogP) is 1.93. The second kappa shape index (κ2) is 6.14. The summed E-state index contributed by atoms with van der Waals surface area (Å²) in [6, 6.07) is 2.71. The number of nitrogens with one attached hydrogen (secondary N) is 1. The van der Waals surface area contributed by atoms with E-state index in [-0.39, 0.29) is 0 Å². The first-order chi connectivity index (χ1) is 8.74. The first-order valence-corrected chi connectivity index (χ1v) is 7.06. The van der Waals surface area contributed by atoms with Crippen molar-refractivity contribution in [1.29, 1.82) is 0 Å². The smallest absolute Gasteiger partial charge is 0.132 e. The Morgan fingerprint density at radius 2 is 2.22 bits per heavy atom. The van der Waals surface area contributed by atoms with E-state index in [2.05, 4.69) is 42.0 Å². The molecular formula is C14H24N4. The summed E-state index contributed by atoms with van der Waals surface area (Å²) in [7, 11) is 0. The molecule has 0 spiro atoms. The van der Waals surface area contributed by atoms with Crippen molar-refractivity contribution in [1.82, 2.24) is 15.3 Å². The van der Waals surface area contributed by atoms with E-state index in [0.29, 0.717) is 6.04 Å². The van der Waals surface area contributed by atoms with Crippen LogP contribution >= 0.6 is 0 Å². The van der Waals surface area contributed by atoms with E-state index in [9.17, 15) is 0 Å². The van der Waals surface area contributed by atoms with E-state index in [1.54, 1.807) is 0 Å². The molecule has 1 saturated heterocycles. The van der Waals surface area contributed by atoms with Crippen LogP contribution in [0.5, 0.6) is 0 Å². The first-order valence-electron chi connectivity index (χ1n) is 7.06. The molecule has 4 heteroatoms. The molecule has 1 aliphatic rings. The highest BCUT2D eigenvalue weighted by molar-refractivity contribution is 5.41. The van der Waals surface area contributed by atoms with Crippen LogP contribution < -0.4 is 10.2 Å². The molecule has 1 N–H and O–H groups in total. The molecule has 0 bridgehead atoms. The SMILES string of the molecule is CCCN(c1cc(C)nc(CC)n1)C1CCNC1. The molecule has 0 aromatic carbocycles. The fourth-order valence-electron chi connectivity index (χ4n) is 2.55. The average Bonchev–Trinajstić information content (AvgIpc) is 2.88. The Hall–Kier alpha value is -1.16. The van der Waals surface area contributed by atoms with Crippen molar-refractivity contribution in [3.05, 3.63) is 17.6 Å². The van der Waals surface area contributed by atoms with Gasteiger partial charge in [0.25, 0.3) is 0 Å². The molecular weight excluding hydrogens is 224 g/mol. The predicted molar refractivity (Wildman–Crippen MR) is 75.1 cm³/mol. The van der Waals surface area contributed by atoms with Crippen molar-refractivity contribution in [2.45, 2.75) is 46.1 Å². The first kappa shape index (κ1) is 13.3. The van der Waals surface area contributed by atoms with Gasteiger partial charge in [0, 0.05) is 37.3 Å². The number of nitrogens with zero attached hydrogens (tertiary/aromatic N) is 3. The normalized spacial score (nSPS) is 19.2. The molecule has 4 nitrogen and oxygen atoms in total. The minimum atomic E-state index is 0.587. The van der Waals surface area contributed by atoms with Gasteiger partial charge in [-0.15, -0.1) is 0 Å². The van der Waals surface area contributed by atoms with Gasteiger partial charge in [0.1, 0.15) is 11.6 Å². The zero-order valence-corrected chi connectivity index (χ0v) is 11.7. The number of aryl methyl sites for hydroxylation is 2. The van der Waals surface area contributed by atoms with Crippen molar-refractivity contribution < 1.29 is 0 Å². The molecule has 1 aromatic heterocycles. The number of rotatable bonds is 5. The lowest BCUT2D eigenvalue weighted by atomic mass is 10.2. The van der Waals surface area contributed by atoms with E-state index in [0.717, 1.165) is 49.8 Å². The Morgan fingerprint density at radius 1 is 1.39 bits per heavy atom. The lowest BCUT2D eigenvalue weighted by Crippen LogP contribution is -2.38. The van der Waals surface area contributed by atoms with Gasteiger partial charge in [0.05, 0.1) is 0 Å². The van der Waals surface area contributed by atoms with Gasteiger partial charge in [-0.1, -0.05) is 13.8 Å². The number of hydrogen-bond acceptors (Lipinski definition) is 4. The van der Waals surface area contributed by atoms with E-state index < -0.39 is 0 Å². The van der Waals surface area contributed by atoms with E-state index in [1.165, 1.54) is 6.42 Å². The van der Waals surface area contributed by atoms with Crippen molar-refractivity contribution in [3.63, 3.8) is 0 Å². The third-order valence-corrected chi connectivity index (χ3v) is 3.44. The molecule has 1 aliphatic heterocycles. The highest BCUT2D eigenvalue weighted by Crippen LogP contribution is 2.19. The van der Waals surface area contributed by atoms with Crippen LogP contribution in [0, 0.1) is 6.92 Å². The molecule has 2 rings (SSSR count). The van der Waals surface area contributed by atoms with Crippen molar-refractivity contribution in [2.24, 2.45) is 0 Å². The second-order valence-electron chi connectivity index (χ2n) is 4.98. The van der Waals surface area contributed by atoms with Gasteiger partial charge in [-0.2, -0.15) is 0 Å². The monoisotopic (exact) mass is 248 g/mol. The quantitative estimate of drug-likeness (QED) is 0.864. The molecule has 1 fully saturated rings. The molecule has 0 saturated carbocycles. The van der Waals surface area contributed by atoms with Gasteiger partial charge in [-0.05, 0) is 26.3 Å². The van der Waals surface area contributed by atoms with Crippen LogP contribution in [0.15, 0.2) is 6.07 Å². The van der Waals surface area contributed by atoms with Crippen LogP contribution in [-0.4, -0.2) is 35.6 Å². The Balaban J connectivity index is 2.25. The minimum Gasteiger partial charge on any atom is -0.352 e. The lowest BCUT2D eigenvalue weighted by molar-refractivity contribution is 0.615. The lowest BCUT2D eigenvalue weighted by Gasteiger charge is -2.29. The molecule has 0 amide bonds.